The zero-order valence-electron chi connectivity index (χ0n) is 17.7. The second kappa shape index (κ2) is 12.8. The Hall–Kier alpha value is -1.62. The van der Waals surface area contributed by atoms with E-state index in [2.05, 4.69) is 65.8 Å². The van der Waals surface area contributed by atoms with Crippen molar-refractivity contribution >= 4 is 29.2 Å². The van der Waals surface area contributed by atoms with Crippen LogP contribution in [0.5, 0.6) is 0 Å². The van der Waals surface area contributed by atoms with Crippen molar-refractivity contribution in [2.75, 3.05) is 31.2 Å². The molecule has 0 bridgehead atoms. The van der Waals surface area contributed by atoms with E-state index in [0.717, 1.165) is 39.1 Å². The highest BCUT2D eigenvalue weighted by Crippen LogP contribution is 2.19. The Labute approximate surface area is 180 Å². The summed E-state index contributed by atoms with van der Waals surface area (Å²) in [5.74, 6) is 0. The molecule has 2 heterocycles. The van der Waals surface area contributed by atoms with E-state index in [1.807, 2.05) is 0 Å². The Morgan fingerprint density at radius 1 is 1.07 bits per heavy atom. The molecule has 3 rings (SSSR count). The summed E-state index contributed by atoms with van der Waals surface area (Å²) in [6, 6.07) is 13.2. The second-order valence-corrected chi connectivity index (χ2v) is 8.58. The van der Waals surface area contributed by atoms with Crippen LogP contribution in [0.4, 0.5) is 5.69 Å². The lowest BCUT2D eigenvalue weighted by atomic mass is 10.1. The van der Waals surface area contributed by atoms with E-state index in [4.69, 9.17) is 9.47 Å². The van der Waals surface area contributed by atoms with Gasteiger partial charge in [0.05, 0.1) is 0 Å². The van der Waals surface area contributed by atoms with E-state index in [9.17, 15) is 0 Å². The van der Waals surface area contributed by atoms with Crippen LogP contribution in [0.15, 0.2) is 41.8 Å². The molecular weight excluding hydrogens is 378 g/mol. The van der Waals surface area contributed by atoms with Crippen molar-refractivity contribution in [1.29, 1.82) is 0 Å². The fraction of sp³-hybridized carbons (Fsp3) is 0.520. The van der Waals surface area contributed by atoms with Gasteiger partial charge in [0.25, 0.3) is 0 Å². The SMILES string of the molecule is CCN(CCCCCCOC1CCCCO1)c1ccc(C=Cc2cccs2)cc1. The maximum absolute atomic E-state index is 5.82. The van der Waals surface area contributed by atoms with Gasteiger partial charge in [0, 0.05) is 36.9 Å². The molecule has 1 atom stereocenters. The summed E-state index contributed by atoms with van der Waals surface area (Å²) in [6.07, 6.45) is 12.8. The fourth-order valence-electron chi connectivity index (χ4n) is 3.65. The average molecular weight is 414 g/mol. The number of thiophene rings is 1. The topological polar surface area (TPSA) is 21.7 Å². The van der Waals surface area contributed by atoms with Crippen LogP contribution in [0.25, 0.3) is 12.2 Å². The summed E-state index contributed by atoms with van der Waals surface area (Å²) < 4.78 is 11.4. The Bertz CT molecular complexity index is 690. The van der Waals surface area contributed by atoms with Crippen LogP contribution < -0.4 is 4.90 Å². The van der Waals surface area contributed by atoms with Gasteiger partial charge in [0.2, 0.25) is 0 Å². The summed E-state index contributed by atoms with van der Waals surface area (Å²) in [5.41, 5.74) is 2.57. The number of benzene rings is 1. The molecule has 0 aliphatic carbocycles. The quantitative estimate of drug-likeness (QED) is 0.355. The first-order chi connectivity index (χ1) is 14.3. The van der Waals surface area contributed by atoms with Crippen molar-refractivity contribution < 1.29 is 9.47 Å². The third-order valence-electron chi connectivity index (χ3n) is 5.39. The van der Waals surface area contributed by atoms with E-state index in [1.54, 1.807) is 11.3 Å². The molecule has 0 amide bonds. The Morgan fingerprint density at radius 2 is 1.93 bits per heavy atom. The van der Waals surface area contributed by atoms with Gasteiger partial charge in [-0.15, -0.1) is 11.3 Å². The molecule has 0 spiro atoms. The van der Waals surface area contributed by atoms with Crippen molar-refractivity contribution in [1.82, 2.24) is 0 Å². The summed E-state index contributed by atoms with van der Waals surface area (Å²) in [5, 5.41) is 2.11. The minimum atomic E-state index is 0.0578. The monoisotopic (exact) mass is 413 g/mol. The molecule has 4 heteroatoms. The molecule has 0 N–H and O–H groups in total. The van der Waals surface area contributed by atoms with E-state index >= 15 is 0 Å². The Kier molecular flexibility index (Phi) is 9.77. The van der Waals surface area contributed by atoms with Crippen molar-refractivity contribution in [3.8, 4) is 0 Å². The molecule has 2 aromatic rings. The first-order valence-corrected chi connectivity index (χ1v) is 12.0. The number of unbranched alkanes of at least 4 members (excludes halogenated alkanes) is 3. The van der Waals surface area contributed by atoms with E-state index in [1.165, 1.54) is 48.2 Å². The molecule has 29 heavy (non-hydrogen) atoms. The lowest BCUT2D eigenvalue weighted by Gasteiger charge is -2.23. The summed E-state index contributed by atoms with van der Waals surface area (Å²) in [7, 11) is 0. The molecule has 3 nitrogen and oxygen atoms in total. The third kappa shape index (κ3) is 7.96. The van der Waals surface area contributed by atoms with Crippen LogP contribution in [0.2, 0.25) is 0 Å². The van der Waals surface area contributed by atoms with Crippen molar-refractivity contribution in [3.05, 3.63) is 52.2 Å². The fourth-order valence-corrected chi connectivity index (χ4v) is 4.26. The molecule has 0 radical (unpaired) electrons. The van der Waals surface area contributed by atoms with E-state index < -0.39 is 0 Å². The van der Waals surface area contributed by atoms with Crippen molar-refractivity contribution in [2.24, 2.45) is 0 Å². The number of hydrogen-bond donors (Lipinski definition) is 0. The zero-order chi connectivity index (χ0) is 20.2. The smallest absolute Gasteiger partial charge is 0.157 e. The van der Waals surface area contributed by atoms with Crippen molar-refractivity contribution in [2.45, 2.75) is 58.2 Å². The normalized spacial score (nSPS) is 17.1. The average Bonchev–Trinajstić information content (AvgIpc) is 3.29. The van der Waals surface area contributed by atoms with Gasteiger partial charge in [-0.05, 0) is 74.2 Å². The van der Waals surface area contributed by atoms with Gasteiger partial charge in [-0.3, -0.25) is 0 Å². The lowest BCUT2D eigenvalue weighted by molar-refractivity contribution is -0.162. The van der Waals surface area contributed by atoms with Gasteiger partial charge in [-0.2, -0.15) is 0 Å². The summed E-state index contributed by atoms with van der Waals surface area (Å²) in [4.78, 5) is 3.76. The molecule has 1 aliphatic rings. The number of rotatable bonds is 12. The number of nitrogens with zero attached hydrogens (tertiary/aromatic N) is 1. The van der Waals surface area contributed by atoms with E-state index in [-0.39, 0.29) is 6.29 Å². The minimum Gasteiger partial charge on any atom is -0.372 e. The molecule has 0 saturated carbocycles. The van der Waals surface area contributed by atoms with Gasteiger partial charge in [0.1, 0.15) is 0 Å². The van der Waals surface area contributed by atoms with Gasteiger partial charge in [0.15, 0.2) is 6.29 Å². The number of hydrogen-bond acceptors (Lipinski definition) is 4. The first-order valence-electron chi connectivity index (χ1n) is 11.1. The van der Waals surface area contributed by atoms with Gasteiger partial charge >= 0.3 is 0 Å². The molecule has 1 aromatic heterocycles. The van der Waals surface area contributed by atoms with Crippen molar-refractivity contribution in [3.63, 3.8) is 0 Å². The van der Waals surface area contributed by atoms with Gasteiger partial charge in [-0.1, -0.05) is 37.1 Å². The molecule has 1 unspecified atom stereocenters. The largest absolute Gasteiger partial charge is 0.372 e. The van der Waals surface area contributed by atoms with Crippen LogP contribution >= 0.6 is 11.3 Å². The Balaban J connectivity index is 1.32. The minimum absolute atomic E-state index is 0.0578. The third-order valence-corrected chi connectivity index (χ3v) is 6.22. The van der Waals surface area contributed by atoms with Crippen LogP contribution in [0, 0.1) is 0 Å². The van der Waals surface area contributed by atoms with Crippen LogP contribution in [-0.2, 0) is 9.47 Å². The second-order valence-electron chi connectivity index (χ2n) is 7.60. The number of anilines is 1. The predicted molar refractivity (Wildman–Crippen MR) is 126 cm³/mol. The maximum atomic E-state index is 5.82. The standard InChI is InChI=1S/C25H35NO2S/c1-2-26(18-6-3-4-7-19-27-25-11-5-8-20-28-25)23-15-12-22(13-16-23)14-17-24-10-9-21-29-24/h9-10,12-17,21,25H,2-8,11,18-20H2,1H3. The molecule has 158 valence electrons. The van der Waals surface area contributed by atoms with Crippen LogP contribution in [-0.4, -0.2) is 32.6 Å². The molecule has 1 aromatic carbocycles. The number of ether oxygens (including phenoxy) is 2. The summed E-state index contributed by atoms with van der Waals surface area (Å²) in [6.45, 7) is 6.11. The highest BCUT2D eigenvalue weighted by atomic mass is 32.1. The lowest BCUT2D eigenvalue weighted by Crippen LogP contribution is -2.24. The molecule has 1 aliphatic heterocycles. The highest BCUT2D eigenvalue weighted by Gasteiger charge is 2.13. The first kappa shape index (κ1) is 22.1. The highest BCUT2D eigenvalue weighted by molar-refractivity contribution is 7.10. The predicted octanol–water partition coefficient (Wildman–Crippen LogP) is 6.85. The van der Waals surface area contributed by atoms with Crippen LogP contribution in [0.1, 0.15) is 62.3 Å². The zero-order valence-corrected chi connectivity index (χ0v) is 18.5. The van der Waals surface area contributed by atoms with Gasteiger partial charge < -0.3 is 14.4 Å². The summed E-state index contributed by atoms with van der Waals surface area (Å²) >= 11 is 1.77. The molecule has 1 fully saturated rings. The molecular formula is C25H35NO2S. The van der Waals surface area contributed by atoms with Gasteiger partial charge in [-0.25, -0.2) is 0 Å². The van der Waals surface area contributed by atoms with Crippen LogP contribution in [0.3, 0.4) is 0 Å². The Morgan fingerprint density at radius 3 is 2.66 bits per heavy atom. The maximum Gasteiger partial charge on any atom is 0.157 e. The molecule has 1 saturated heterocycles. The van der Waals surface area contributed by atoms with E-state index in [0.29, 0.717) is 0 Å².